The lowest BCUT2D eigenvalue weighted by molar-refractivity contribution is -0.895. The van der Waals surface area contributed by atoms with Crippen LogP contribution >= 0.6 is 11.6 Å². The monoisotopic (exact) mass is 377 g/mol. The maximum atomic E-state index is 5.72. The summed E-state index contributed by atoms with van der Waals surface area (Å²) in [6.07, 6.45) is 21.2. The van der Waals surface area contributed by atoms with E-state index in [4.69, 9.17) is 17.3 Å². The van der Waals surface area contributed by atoms with E-state index in [9.17, 15) is 0 Å². The molecule has 0 spiro atoms. The summed E-state index contributed by atoms with van der Waals surface area (Å²) in [5, 5.41) is 0. The van der Waals surface area contributed by atoms with Crippen LogP contribution in [0, 0.1) is 0 Å². The molecule has 0 aromatic carbocycles. The van der Waals surface area contributed by atoms with Gasteiger partial charge in [0, 0.05) is 12.3 Å². The Bertz CT molecular complexity index is 225. The van der Waals surface area contributed by atoms with Gasteiger partial charge in [-0.15, -0.1) is 11.6 Å². The van der Waals surface area contributed by atoms with Crippen LogP contribution in [0.4, 0.5) is 0 Å². The van der Waals surface area contributed by atoms with E-state index < -0.39 is 0 Å². The highest BCUT2D eigenvalue weighted by Crippen LogP contribution is 2.12. The third-order valence-corrected chi connectivity index (χ3v) is 5.17. The van der Waals surface area contributed by atoms with E-state index in [2.05, 4.69) is 35.0 Å². The van der Waals surface area contributed by atoms with Crippen molar-refractivity contribution < 1.29 is 4.48 Å². The molecule has 0 saturated heterocycles. The average molecular weight is 378 g/mol. The molecule has 2 N–H and O–H groups in total. The second-order valence-electron chi connectivity index (χ2n) is 8.38. The molecule has 0 saturated carbocycles. The molecular weight excluding hydrogens is 328 g/mol. The number of rotatable bonds is 16. The van der Waals surface area contributed by atoms with Gasteiger partial charge in [0.25, 0.3) is 0 Å². The maximum absolute atomic E-state index is 5.72. The highest BCUT2D eigenvalue weighted by atomic mass is 35.5. The van der Waals surface area contributed by atoms with Gasteiger partial charge < -0.3 is 4.48 Å². The number of hydrogen-bond donors (Lipinski definition) is 1. The summed E-state index contributed by atoms with van der Waals surface area (Å²) in [5.41, 5.74) is 5.72. The van der Waals surface area contributed by atoms with Crippen LogP contribution in [-0.2, 0) is 0 Å². The molecule has 2 nitrogen and oxygen atoms in total. The lowest BCUT2D eigenvalue weighted by Crippen LogP contribution is -2.50. The van der Waals surface area contributed by atoms with Gasteiger partial charge in [-0.3, -0.25) is 5.73 Å². The number of unbranched alkanes of at least 4 members (excludes halogenated alkanes) is 13. The minimum Gasteiger partial charge on any atom is -0.316 e. The third-order valence-electron chi connectivity index (χ3n) is 4.90. The SMILES string of the molecule is CCC(N)[N+](C)(C)C.CCCCCCCCCCCCCCCCCl. The Kier molecular flexibility index (Phi) is 22.5. The molecule has 0 aliphatic heterocycles. The number of nitrogens with zero attached hydrogens (tertiary/aromatic N) is 1. The van der Waals surface area contributed by atoms with Gasteiger partial charge in [-0.05, 0) is 6.42 Å². The second kappa shape index (κ2) is 20.5. The summed E-state index contributed by atoms with van der Waals surface area (Å²) in [5.74, 6) is 0.845. The topological polar surface area (TPSA) is 26.0 Å². The van der Waals surface area contributed by atoms with Crippen molar-refractivity contribution in [3.8, 4) is 0 Å². The number of hydrogen-bond acceptors (Lipinski definition) is 1. The van der Waals surface area contributed by atoms with Crippen LogP contribution in [0.2, 0.25) is 0 Å². The van der Waals surface area contributed by atoms with Crippen LogP contribution in [-0.4, -0.2) is 37.7 Å². The number of alkyl halides is 1. The van der Waals surface area contributed by atoms with Crippen LogP contribution in [0.15, 0.2) is 0 Å². The van der Waals surface area contributed by atoms with Crippen molar-refractivity contribution in [1.29, 1.82) is 0 Å². The molecule has 0 aliphatic rings. The molecule has 0 fully saturated rings. The quantitative estimate of drug-likeness (QED) is 0.132. The molecule has 0 bridgehead atoms. The van der Waals surface area contributed by atoms with Crippen LogP contribution in [0.1, 0.15) is 110 Å². The van der Waals surface area contributed by atoms with Crippen molar-refractivity contribution in [3.05, 3.63) is 0 Å². The molecule has 0 amide bonds. The predicted molar refractivity (Wildman–Crippen MR) is 117 cm³/mol. The molecule has 154 valence electrons. The zero-order chi connectivity index (χ0) is 19.4. The summed E-state index contributed by atoms with van der Waals surface area (Å²) in [4.78, 5) is 0. The first-order chi connectivity index (χ1) is 11.9. The van der Waals surface area contributed by atoms with E-state index >= 15 is 0 Å². The lowest BCUT2D eigenvalue weighted by atomic mass is 10.0. The summed E-state index contributed by atoms with van der Waals surface area (Å²) >= 11 is 5.64. The molecule has 0 radical (unpaired) electrons. The molecule has 3 heteroatoms. The van der Waals surface area contributed by atoms with Crippen LogP contribution in [0.5, 0.6) is 0 Å². The van der Waals surface area contributed by atoms with Gasteiger partial charge in [-0.25, -0.2) is 0 Å². The normalized spacial score (nSPS) is 12.6. The zero-order valence-electron chi connectivity index (χ0n) is 18.3. The van der Waals surface area contributed by atoms with E-state index in [1.807, 2.05) is 0 Å². The van der Waals surface area contributed by atoms with Crippen LogP contribution in [0.25, 0.3) is 0 Å². The Hall–Kier alpha value is 0.210. The summed E-state index contributed by atoms with van der Waals surface area (Å²) < 4.78 is 0.858. The highest BCUT2D eigenvalue weighted by Gasteiger charge is 2.14. The Morgan fingerprint density at radius 1 is 0.640 bits per heavy atom. The minimum absolute atomic E-state index is 0.287. The molecule has 0 aliphatic carbocycles. The first-order valence-corrected chi connectivity index (χ1v) is 11.6. The lowest BCUT2D eigenvalue weighted by Gasteiger charge is -2.30. The third kappa shape index (κ3) is 24.2. The Morgan fingerprint density at radius 3 is 1.16 bits per heavy atom. The standard InChI is InChI=1S/C16H33Cl.C6H17N2/c1-2-3-4-5-6-7-8-9-10-11-12-13-14-15-16-17;1-5-6(7)8(2,3)4/h2-16H2,1H3;6H,5,7H2,1-4H3/q;+1. The molecule has 25 heavy (non-hydrogen) atoms. The first kappa shape index (κ1) is 27.4. The van der Waals surface area contributed by atoms with E-state index in [0.29, 0.717) is 0 Å². The van der Waals surface area contributed by atoms with Gasteiger partial charge in [-0.2, -0.15) is 0 Å². The molecule has 1 atom stereocenters. The Morgan fingerprint density at radius 2 is 0.960 bits per heavy atom. The van der Waals surface area contributed by atoms with Gasteiger partial charge in [0.05, 0.1) is 21.1 Å². The van der Waals surface area contributed by atoms with Gasteiger partial charge in [0.1, 0.15) is 6.17 Å². The molecule has 0 rings (SSSR count). The summed E-state index contributed by atoms with van der Waals surface area (Å²) in [6.45, 7) is 4.39. The fourth-order valence-corrected chi connectivity index (χ4v) is 3.03. The summed E-state index contributed by atoms with van der Waals surface area (Å²) in [7, 11) is 6.32. The van der Waals surface area contributed by atoms with Crippen molar-refractivity contribution >= 4 is 11.6 Å². The zero-order valence-corrected chi connectivity index (χ0v) is 19.0. The minimum atomic E-state index is 0.287. The van der Waals surface area contributed by atoms with Gasteiger partial charge in [0.2, 0.25) is 0 Å². The smallest absolute Gasteiger partial charge is 0.139 e. The highest BCUT2D eigenvalue weighted by molar-refractivity contribution is 6.17. The predicted octanol–water partition coefficient (Wildman–Crippen LogP) is 7.09. The Balaban J connectivity index is 0. The fourth-order valence-electron chi connectivity index (χ4n) is 2.84. The molecule has 0 aromatic rings. The second-order valence-corrected chi connectivity index (χ2v) is 8.75. The fraction of sp³-hybridized carbons (Fsp3) is 1.00. The maximum Gasteiger partial charge on any atom is 0.139 e. The molecule has 0 heterocycles. The molecule has 1 unspecified atom stereocenters. The van der Waals surface area contributed by atoms with Gasteiger partial charge in [0.15, 0.2) is 0 Å². The van der Waals surface area contributed by atoms with E-state index in [1.165, 1.54) is 89.9 Å². The van der Waals surface area contributed by atoms with Crippen molar-refractivity contribution in [3.63, 3.8) is 0 Å². The first-order valence-electron chi connectivity index (χ1n) is 11.0. The van der Waals surface area contributed by atoms with Crippen molar-refractivity contribution in [2.24, 2.45) is 5.73 Å². The van der Waals surface area contributed by atoms with E-state index in [-0.39, 0.29) is 6.17 Å². The summed E-state index contributed by atoms with van der Waals surface area (Å²) in [6, 6.07) is 0. The largest absolute Gasteiger partial charge is 0.316 e. The van der Waals surface area contributed by atoms with Crippen LogP contribution < -0.4 is 5.73 Å². The van der Waals surface area contributed by atoms with E-state index in [0.717, 1.165) is 16.8 Å². The number of quaternary nitrogens is 1. The number of nitrogens with two attached hydrogens (primary N) is 1. The average Bonchev–Trinajstić information content (AvgIpc) is 2.58. The molecular formula is C22H50ClN2+. The Labute approximate surface area is 165 Å². The van der Waals surface area contributed by atoms with E-state index in [1.54, 1.807) is 0 Å². The van der Waals surface area contributed by atoms with Crippen LogP contribution in [0.3, 0.4) is 0 Å². The van der Waals surface area contributed by atoms with Gasteiger partial charge >= 0.3 is 0 Å². The number of halogens is 1. The van der Waals surface area contributed by atoms with Gasteiger partial charge in [-0.1, -0.05) is 97.3 Å². The molecule has 0 aromatic heterocycles. The van der Waals surface area contributed by atoms with Crippen molar-refractivity contribution in [2.45, 2.75) is 116 Å². The van der Waals surface area contributed by atoms with Crippen molar-refractivity contribution in [2.75, 3.05) is 27.0 Å². The van der Waals surface area contributed by atoms with Crippen molar-refractivity contribution in [1.82, 2.24) is 0 Å².